The van der Waals surface area contributed by atoms with Gasteiger partial charge in [-0.3, -0.25) is 4.99 Å². The lowest BCUT2D eigenvalue weighted by Gasteiger charge is -2.23. The van der Waals surface area contributed by atoms with Crippen LogP contribution in [0.15, 0.2) is 29.3 Å². The normalized spacial score (nSPS) is 13.6. The maximum atomic E-state index is 5.85. The summed E-state index contributed by atoms with van der Waals surface area (Å²) in [6, 6.07) is 9.01. The van der Waals surface area contributed by atoms with E-state index in [0.717, 1.165) is 19.4 Å². The predicted octanol–water partition coefficient (Wildman–Crippen LogP) is 2.17. The van der Waals surface area contributed by atoms with Crippen LogP contribution >= 0.6 is 0 Å². The van der Waals surface area contributed by atoms with Crippen LogP contribution in [-0.2, 0) is 6.42 Å². The summed E-state index contributed by atoms with van der Waals surface area (Å²) in [5.74, 6) is 0.531. The van der Waals surface area contributed by atoms with Crippen LogP contribution in [0.1, 0.15) is 37.4 Å². The Bertz CT molecular complexity index is 409. The van der Waals surface area contributed by atoms with Crippen molar-refractivity contribution in [1.29, 1.82) is 0 Å². The third kappa shape index (κ3) is 5.21. The number of likely N-dealkylation sites (N-methyl/N-ethyl adjacent to an activating group) is 1. The fourth-order valence-electron chi connectivity index (χ4n) is 2.04. The van der Waals surface area contributed by atoms with Crippen LogP contribution in [0.2, 0.25) is 0 Å². The maximum Gasteiger partial charge on any atom is 0.188 e. The Morgan fingerprint density at radius 3 is 2.40 bits per heavy atom. The molecule has 1 aromatic carbocycles. The van der Waals surface area contributed by atoms with Gasteiger partial charge in [0.25, 0.3) is 0 Å². The molecule has 112 valence electrons. The second-order valence-electron chi connectivity index (χ2n) is 5.23. The molecule has 0 radical (unpaired) electrons. The zero-order valence-corrected chi connectivity index (χ0v) is 13.2. The number of nitrogens with one attached hydrogen (secondary N) is 1. The van der Waals surface area contributed by atoms with Gasteiger partial charge >= 0.3 is 0 Å². The van der Waals surface area contributed by atoms with Crippen LogP contribution in [0.5, 0.6) is 0 Å². The van der Waals surface area contributed by atoms with Gasteiger partial charge in [-0.05, 0) is 38.1 Å². The molecule has 3 N–H and O–H groups in total. The van der Waals surface area contributed by atoms with Gasteiger partial charge in [-0.2, -0.15) is 0 Å². The van der Waals surface area contributed by atoms with Crippen LogP contribution in [-0.4, -0.2) is 38.0 Å². The molecule has 0 saturated carbocycles. The summed E-state index contributed by atoms with van der Waals surface area (Å²) in [5, 5.41) is 3.11. The van der Waals surface area contributed by atoms with Crippen molar-refractivity contribution in [2.75, 3.05) is 27.2 Å². The number of benzene rings is 1. The Kier molecular flexibility index (Phi) is 7.09. The number of aryl methyl sites for hydroxylation is 1. The Balaban J connectivity index is 2.73. The lowest BCUT2D eigenvalue weighted by molar-refractivity contribution is 0.306. The molecule has 1 rings (SSSR count). The van der Waals surface area contributed by atoms with Crippen LogP contribution in [0, 0.1) is 0 Å². The lowest BCUT2D eigenvalue weighted by Crippen LogP contribution is -2.33. The summed E-state index contributed by atoms with van der Waals surface area (Å²) < 4.78 is 0. The van der Waals surface area contributed by atoms with Crippen molar-refractivity contribution >= 4 is 5.96 Å². The van der Waals surface area contributed by atoms with Crippen molar-refractivity contribution in [3.8, 4) is 0 Å². The van der Waals surface area contributed by atoms with Gasteiger partial charge < -0.3 is 16.0 Å². The van der Waals surface area contributed by atoms with Crippen molar-refractivity contribution in [3.05, 3.63) is 35.4 Å². The molecule has 0 aliphatic rings. The highest BCUT2D eigenvalue weighted by Crippen LogP contribution is 2.19. The van der Waals surface area contributed by atoms with Gasteiger partial charge in [-0.25, -0.2) is 0 Å². The molecule has 0 aliphatic carbocycles. The zero-order chi connectivity index (χ0) is 15.0. The first-order valence-corrected chi connectivity index (χ1v) is 7.37. The molecule has 0 bridgehead atoms. The molecule has 1 unspecified atom stereocenters. The smallest absolute Gasteiger partial charge is 0.188 e. The minimum absolute atomic E-state index is 0.253. The number of hydrogen-bond donors (Lipinski definition) is 2. The van der Waals surface area contributed by atoms with Crippen LogP contribution in [0.3, 0.4) is 0 Å². The minimum atomic E-state index is 0.253. The molecule has 0 amide bonds. The quantitative estimate of drug-likeness (QED) is 0.593. The van der Waals surface area contributed by atoms with Crippen molar-refractivity contribution < 1.29 is 0 Å². The molecule has 4 heteroatoms. The summed E-state index contributed by atoms with van der Waals surface area (Å²) in [6.45, 7) is 5.81. The molecule has 0 heterocycles. The largest absolute Gasteiger partial charge is 0.370 e. The minimum Gasteiger partial charge on any atom is -0.370 e. The fraction of sp³-hybridized carbons (Fsp3) is 0.562. The SMILES string of the molecule is CCCNC(N)=NCC(c1ccc(CC)cc1)N(C)C. The first kappa shape index (κ1) is 16.5. The van der Waals surface area contributed by atoms with E-state index in [2.05, 4.69) is 67.4 Å². The Hall–Kier alpha value is -1.55. The van der Waals surface area contributed by atoms with Gasteiger partial charge in [-0.15, -0.1) is 0 Å². The Morgan fingerprint density at radius 1 is 1.25 bits per heavy atom. The Labute approximate surface area is 123 Å². The van der Waals surface area contributed by atoms with Crippen LogP contribution in [0.4, 0.5) is 0 Å². The summed E-state index contributed by atoms with van der Waals surface area (Å²) in [6.07, 6.45) is 2.12. The summed E-state index contributed by atoms with van der Waals surface area (Å²) in [5.41, 5.74) is 8.49. The van der Waals surface area contributed by atoms with E-state index in [1.54, 1.807) is 0 Å². The molecule has 1 atom stereocenters. The summed E-state index contributed by atoms with van der Waals surface area (Å²) in [7, 11) is 4.15. The third-order valence-corrected chi connectivity index (χ3v) is 3.39. The molecule has 0 fully saturated rings. The van der Waals surface area contributed by atoms with Crippen molar-refractivity contribution in [2.45, 2.75) is 32.7 Å². The molecule has 4 nitrogen and oxygen atoms in total. The molecule has 0 aromatic heterocycles. The van der Waals surface area contributed by atoms with Crippen LogP contribution in [0.25, 0.3) is 0 Å². The van der Waals surface area contributed by atoms with E-state index in [0.29, 0.717) is 12.5 Å². The third-order valence-electron chi connectivity index (χ3n) is 3.39. The van der Waals surface area contributed by atoms with E-state index >= 15 is 0 Å². The fourth-order valence-corrected chi connectivity index (χ4v) is 2.04. The average molecular weight is 276 g/mol. The van der Waals surface area contributed by atoms with E-state index in [1.807, 2.05) is 0 Å². The van der Waals surface area contributed by atoms with E-state index < -0.39 is 0 Å². The number of guanidine groups is 1. The topological polar surface area (TPSA) is 53.6 Å². The van der Waals surface area contributed by atoms with E-state index in [9.17, 15) is 0 Å². The number of nitrogens with two attached hydrogens (primary N) is 1. The predicted molar refractivity (Wildman–Crippen MR) is 87.0 cm³/mol. The summed E-state index contributed by atoms with van der Waals surface area (Å²) >= 11 is 0. The summed E-state index contributed by atoms with van der Waals surface area (Å²) in [4.78, 5) is 6.62. The molecular weight excluding hydrogens is 248 g/mol. The number of nitrogens with zero attached hydrogens (tertiary/aromatic N) is 2. The van der Waals surface area contributed by atoms with Gasteiger partial charge in [-0.1, -0.05) is 38.1 Å². The lowest BCUT2D eigenvalue weighted by atomic mass is 10.0. The number of hydrogen-bond acceptors (Lipinski definition) is 2. The number of rotatable bonds is 7. The zero-order valence-electron chi connectivity index (χ0n) is 13.2. The van der Waals surface area contributed by atoms with Gasteiger partial charge in [0.15, 0.2) is 5.96 Å². The highest BCUT2D eigenvalue weighted by atomic mass is 15.1. The second-order valence-corrected chi connectivity index (χ2v) is 5.23. The van der Waals surface area contributed by atoms with Gasteiger partial charge in [0.1, 0.15) is 0 Å². The molecule has 1 aromatic rings. The first-order valence-electron chi connectivity index (χ1n) is 7.37. The number of aliphatic imine (C=N–C) groups is 1. The maximum absolute atomic E-state index is 5.85. The molecule has 0 aliphatic heterocycles. The average Bonchev–Trinajstić information content (AvgIpc) is 2.45. The molecule has 20 heavy (non-hydrogen) atoms. The Morgan fingerprint density at radius 2 is 1.90 bits per heavy atom. The van der Waals surface area contributed by atoms with Gasteiger partial charge in [0.05, 0.1) is 12.6 Å². The van der Waals surface area contributed by atoms with Crippen molar-refractivity contribution in [3.63, 3.8) is 0 Å². The van der Waals surface area contributed by atoms with E-state index in [4.69, 9.17) is 5.73 Å². The standard InChI is InChI=1S/C16H28N4/c1-5-11-18-16(17)19-12-15(20(3)4)14-9-7-13(6-2)8-10-14/h7-10,15H,5-6,11-12H2,1-4H3,(H3,17,18,19). The van der Waals surface area contributed by atoms with E-state index in [1.165, 1.54) is 11.1 Å². The van der Waals surface area contributed by atoms with Gasteiger partial charge in [0, 0.05) is 6.54 Å². The van der Waals surface area contributed by atoms with Crippen molar-refractivity contribution in [1.82, 2.24) is 10.2 Å². The molecule has 0 saturated heterocycles. The van der Waals surface area contributed by atoms with Gasteiger partial charge in [0.2, 0.25) is 0 Å². The highest BCUT2D eigenvalue weighted by Gasteiger charge is 2.13. The highest BCUT2D eigenvalue weighted by molar-refractivity contribution is 5.77. The monoisotopic (exact) mass is 276 g/mol. The van der Waals surface area contributed by atoms with Crippen molar-refractivity contribution in [2.24, 2.45) is 10.7 Å². The molecule has 0 spiro atoms. The molecular formula is C16H28N4. The first-order chi connectivity index (χ1) is 9.58. The van der Waals surface area contributed by atoms with Crippen LogP contribution < -0.4 is 11.1 Å². The second kappa shape index (κ2) is 8.59. The van der Waals surface area contributed by atoms with E-state index in [-0.39, 0.29) is 6.04 Å².